The molecule has 1 aliphatic heterocycles. The number of nitrogens with one attached hydrogen (secondary N) is 1. The number of hydrogen-bond donors (Lipinski definition) is 1. The first-order chi connectivity index (χ1) is 13.6. The van der Waals surface area contributed by atoms with E-state index in [1.54, 1.807) is 0 Å². The molecule has 28 heavy (non-hydrogen) atoms. The number of rotatable bonds is 4. The lowest BCUT2D eigenvalue weighted by atomic mass is 10.1. The Morgan fingerprint density at radius 2 is 1.46 bits per heavy atom. The standard InChI is InChI=1S/C23H27N5/c1-17-9-10-20(15-18(17)2)26-22-16-23(25-19(3)24-22)28-13-11-27(12-14-28)21-7-5-4-6-8-21/h4-10,15-16H,11-14H2,1-3H3,(H,24,25,26). The van der Waals surface area contributed by atoms with Gasteiger partial charge in [-0.1, -0.05) is 24.3 Å². The SMILES string of the molecule is Cc1nc(Nc2ccc(C)c(C)c2)cc(N2CCN(c3ccccc3)CC2)n1. The van der Waals surface area contributed by atoms with Crippen molar-refractivity contribution in [3.63, 3.8) is 0 Å². The van der Waals surface area contributed by atoms with Gasteiger partial charge in [0.15, 0.2) is 0 Å². The molecule has 2 heterocycles. The summed E-state index contributed by atoms with van der Waals surface area (Å²) in [6.07, 6.45) is 0. The van der Waals surface area contributed by atoms with Crippen LogP contribution in [-0.2, 0) is 0 Å². The summed E-state index contributed by atoms with van der Waals surface area (Å²) in [7, 11) is 0. The summed E-state index contributed by atoms with van der Waals surface area (Å²) >= 11 is 0. The highest BCUT2D eigenvalue weighted by Crippen LogP contribution is 2.23. The van der Waals surface area contributed by atoms with Crippen molar-refractivity contribution in [3.8, 4) is 0 Å². The summed E-state index contributed by atoms with van der Waals surface area (Å²) in [6.45, 7) is 10.1. The molecule has 0 radical (unpaired) electrons. The molecule has 5 heteroatoms. The van der Waals surface area contributed by atoms with E-state index in [0.717, 1.165) is 49.3 Å². The Morgan fingerprint density at radius 3 is 2.18 bits per heavy atom. The van der Waals surface area contributed by atoms with E-state index in [9.17, 15) is 0 Å². The van der Waals surface area contributed by atoms with Crippen LogP contribution in [-0.4, -0.2) is 36.1 Å². The van der Waals surface area contributed by atoms with Crippen molar-refractivity contribution in [2.45, 2.75) is 20.8 Å². The molecule has 2 aromatic carbocycles. The van der Waals surface area contributed by atoms with Crippen molar-refractivity contribution in [1.82, 2.24) is 9.97 Å². The molecule has 0 unspecified atom stereocenters. The van der Waals surface area contributed by atoms with Gasteiger partial charge in [0.05, 0.1) is 0 Å². The van der Waals surface area contributed by atoms with E-state index in [-0.39, 0.29) is 0 Å². The Balaban J connectivity index is 1.47. The zero-order valence-electron chi connectivity index (χ0n) is 16.8. The van der Waals surface area contributed by atoms with Crippen LogP contribution >= 0.6 is 0 Å². The second-order valence-electron chi connectivity index (χ2n) is 7.39. The quantitative estimate of drug-likeness (QED) is 0.731. The van der Waals surface area contributed by atoms with Crippen LogP contribution < -0.4 is 15.1 Å². The number of anilines is 4. The molecule has 1 N–H and O–H groups in total. The molecule has 1 fully saturated rings. The van der Waals surface area contributed by atoms with Gasteiger partial charge in [-0.3, -0.25) is 0 Å². The van der Waals surface area contributed by atoms with Crippen molar-refractivity contribution in [2.75, 3.05) is 41.3 Å². The fourth-order valence-corrected chi connectivity index (χ4v) is 3.58. The molecule has 1 saturated heterocycles. The number of aryl methyl sites for hydroxylation is 3. The van der Waals surface area contributed by atoms with Gasteiger partial charge in [0.25, 0.3) is 0 Å². The lowest BCUT2D eigenvalue weighted by Gasteiger charge is -2.36. The molecular formula is C23H27N5. The predicted octanol–water partition coefficient (Wildman–Crippen LogP) is 4.47. The number of para-hydroxylation sites is 1. The monoisotopic (exact) mass is 373 g/mol. The van der Waals surface area contributed by atoms with Crippen LogP contribution in [0.2, 0.25) is 0 Å². The van der Waals surface area contributed by atoms with Crippen molar-refractivity contribution < 1.29 is 0 Å². The zero-order chi connectivity index (χ0) is 19.5. The summed E-state index contributed by atoms with van der Waals surface area (Å²) in [4.78, 5) is 14.0. The van der Waals surface area contributed by atoms with Crippen molar-refractivity contribution in [3.05, 3.63) is 71.5 Å². The molecule has 4 rings (SSSR count). The fraction of sp³-hybridized carbons (Fsp3) is 0.304. The highest BCUT2D eigenvalue weighted by Gasteiger charge is 2.19. The molecule has 0 bridgehead atoms. The topological polar surface area (TPSA) is 44.3 Å². The Labute approximate surface area is 167 Å². The molecule has 3 aromatic rings. The van der Waals surface area contributed by atoms with Crippen molar-refractivity contribution in [1.29, 1.82) is 0 Å². The summed E-state index contributed by atoms with van der Waals surface area (Å²) in [5, 5.41) is 3.44. The molecule has 0 amide bonds. The zero-order valence-corrected chi connectivity index (χ0v) is 16.8. The maximum absolute atomic E-state index is 4.68. The predicted molar refractivity (Wildman–Crippen MR) is 117 cm³/mol. The van der Waals surface area contributed by atoms with Gasteiger partial charge < -0.3 is 15.1 Å². The van der Waals surface area contributed by atoms with E-state index in [4.69, 9.17) is 0 Å². The maximum atomic E-state index is 4.68. The van der Waals surface area contributed by atoms with Gasteiger partial charge in [0.2, 0.25) is 0 Å². The lowest BCUT2D eigenvalue weighted by Crippen LogP contribution is -2.46. The molecule has 1 aromatic heterocycles. The third kappa shape index (κ3) is 4.09. The van der Waals surface area contributed by atoms with Crippen LogP contribution in [0.1, 0.15) is 17.0 Å². The second-order valence-corrected chi connectivity index (χ2v) is 7.39. The Bertz CT molecular complexity index is 946. The van der Waals surface area contributed by atoms with Gasteiger partial charge >= 0.3 is 0 Å². The van der Waals surface area contributed by atoms with Crippen LogP contribution in [0.15, 0.2) is 54.6 Å². The van der Waals surface area contributed by atoms with E-state index in [2.05, 4.69) is 93.5 Å². The lowest BCUT2D eigenvalue weighted by molar-refractivity contribution is 0.646. The third-order valence-electron chi connectivity index (χ3n) is 5.33. The minimum atomic E-state index is 0.786. The third-order valence-corrected chi connectivity index (χ3v) is 5.33. The van der Waals surface area contributed by atoms with E-state index in [1.807, 2.05) is 6.92 Å². The van der Waals surface area contributed by atoms with E-state index < -0.39 is 0 Å². The van der Waals surface area contributed by atoms with Crippen LogP contribution in [0.25, 0.3) is 0 Å². The van der Waals surface area contributed by atoms with Crippen LogP contribution in [0.5, 0.6) is 0 Å². The fourth-order valence-electron chi connectivity index (χ4n) is 3.58. The maximum Gasteiger partial charge on any atom is 0.136 e. The van der Waals surface area contributed by atoms with Gasteiger partial charge in [-0.15, -0.1) is 0 Å². The molecule has 0 spiro atoms. The van der Waals surface area contributed by atoms with Gasteiger partial charge in [-0.25, -0.2) is 9.97 Å². The first-order valence-electron chi connectivity index (χ1n) is 9.83. The van der Waals surface area contributed by atoms with Crippen LogP contribution in [0, 0.1) is 20.8 Å². The Kier molecular flexibility index (Phi) is 5.15. The van der Waals surface area contributed by atoms with Crippen LogP contribution in [0.4, 0.5) is 23.0 Å². The molecule has 144 valence electrons. The number of piperazine rings is 1. The van der Waals surface area contributed by atoms with E-state index >= 15 is 0 Å². The summed E-state index contributed by atoms with van der Waals surface area (Å²) in [5.41, 5.74) is 4.91. The van der Waals surface area contributed by atoms with E-state index in [1.165, 1.54) is 16.8 Å². The molecular weight excluding hydrogens is 346 g/mol. The smallest absolute Gasteiger partial charge is 0.136 e. The summed E-state index contributed by atoms with van der Waals surface area (Å²) in [5.74, 6) is 2.62. The first kappa shape index (κ1) is 18.3. The van der Waals surface area contributed by atoms with E-state index in [0.29, 0.717) is 0 Å². The highest BCUT2D eigenvalue weighted by atomic mass is 15.3. The second kappa shape index (κ2) is 7.89. The van der Waals surface area contributed by atoms with Crippen molar-refractivity contribution in [2.24, 2.45) is 0 Å². The molecule has 0 aliphatic carbocycles. The van der Waals surface area contributed by atoms with Gasteiger partial charge in [-0.05, 0) is 56.2 Å². The van der Waals surface area contributed by atoms with Gasteiger partial charge in [0.1, 0.15) is 17.5 Å². The number of nitrogens with zero attached hydrogens (tertiary/aromatic N) is 4. The molecule has 0 saturated carbocycles. The number of benzene rings is 2. The summed E-state index contributed by atoms with van der Waals surface area (Å²) in [6, 6.07) is 19.1. The Morgan fingerprint density at radius 1 is 0.750 bits per heavy atom. The van der Waals surface area contributed by atoms with Crippen LogP contribution in [0.3, 0.4) is 0 Å². The highest BCUT2D eigenvalue weighted by molar-refractivity contribution is 5.61. The minimum absolute atomic E-state index is 0.786. The van der Waals surface area contributed by atoms with Gasteiger partial charge in [-0.2, -0.15) is 0 Å². The molecule has 5 nitrogen and oxygen atoms in total. The minimum Gasteiger partial charge on any atom is -0.368 e. The molecule has 1 aliphatic rings. The van der Waals surface area contributed by atoms with Gasteiger partial charge in [0, 0.05) is 43.6 Å². The number of hydrogen-bond acceptors (Lipinski definition) is 5. The average molecular weight is 374 g/mol. The average Bonchev–Trinajstić information content (AvgIpc) is 2.71. The number of aromatic nitrogens is 2. The first-order valence-corrected chi connectivity index (χ1v) is 9.83. The normalized spacial score (nSPS) is 14.2. The largest absolute Gasteiger partial charge is 0.368 e. The van der Waals surface area contributed by atoms with Crippen molar-refractivity contribution >= 4 is 23.0 Å². The summed E-state index contributed by atoms with van der Waals surface area (Å²) < 4.78 is 0. The Hall–Kier alpha value is -3.08. The molecule has 0 atom stereocenters.